The van der Waals surface area contributed by atoms with Gasteiger partial charge in [0.25, 0.3) is 11.1 Å². The van der Waals surface area contributed by atoms with Crippen molar-refractivity contribution in [3.05, 3.63) is 47.0 Å². The smallest absolute Gasteiger partial charge is 0.290 e. The molecule has 1 N–H and O–H groups in total. The maximum absolute atomic E-state index is 12.0. The molecule has 0 saturated carbocycles. The zero-order valence-corrected chi connectivity index (χ0v) is 18.4. The Morgan fingerprint density at radius 1 is 0.906 bits per heavy atom. The third-order valence-corrected chi connectivity index (χ3v) is 6.47. The number of rotatable bonds is 4. The quantitative estimate of drug-likeness (QED) is 0.699. The highest BCUT2D eigenvalue weighted by Gasteiger charge is 2.26. The molecule has 0 atom stereocenters. The van der Waals surface area contributed by atoms with Crippen molar-refractivity contribution in [3.8, 4) is 0 Å². The van der Waals surface area contributed by atoms with Crippen LogP contribution >= 0.6 is 11.8 Å². The third kappa shape index (κ3) is 4.56. The summed E-state index contributed by atoms with van der Waals surface area (Å²) in [4.78, 5) is 40.2. The number of anilines is 3. The highest BCUT2D eigenvalue weighted by molar-refractivity contribution is 8.18. The van der Waals surface area contributed by atoms with E-state index < -0.39 is 0 Å². The Morgan fingerprint density at radius 2 is 1.62 bits per heavy atom. The topological polar surface area (TPSA) is 90.9 Å². The molecule has 1 aromatic carbocycles. The third-order valence-electron chi connectivity index (χ3n) is 5.66. The van der Waals surface area contributed by atoms with E-state index in [2.05, 4.69) is 44.3 Å². The van der Waals surface area contributed by atoms with E-state index in [0.717, 1.165) is 56.8 Å². The van der Waals surface area contributed by atoms with Crippen LogP contribution in [0.3, 0.4) is 0 Å². The van der Waals surface area contributed by atoms with Crippen LogP contribution in [0.4, 0.5) is 22.2 Å². The Labute approximate surface area is 190 Å². The van der Waals surface area contributed by atoms with Gasteiger partial charge in [-0.1, -0.05) is 18.2 Å². The number of hydrogen-bond donors (Lipinski definition) is 1. The number of hydrogen-bond acceptors (Lipinski definition) is 9. The molecule has 10 heteroatoms. The summed E-state index contributed by atoms with van der Waals surface area (Å²) < 4.78 is 5.48. The van der Waals surface area contributed by atoms with Gasteiger partial charge in [-0.25, -0.2) is 4.98 Å². The van der Waals surface area contributed by atoms with E-state index in [0.29, 0.717) is 29.8 Å². The van der Waals surface area contributed by atoms with Crippen LogP contribution in [0.2, 0.25) is 0 Å². The molecule has 3 aliphatic rings. The lowest BCUT2D eigenvalue weighted by atomic mass is 10.2. The number of para-hydroxylation sites is 1. The highest BCUT2D eigenvalue weighted by atomic mass is 32.2. The fourth-order valence-electron chi connectivity index (χ4n) is 3.97. The van der Waals surface area contributed by atoms with Gasteiger partial charge in [0.15, 0.2) is 0 Å². The number of morpholine rings is 1. The molecule has 3 saturated heterocycles. The number of benzene rings is 1. The molecule has 4 heterocycles. The Hall–Kier alpha value is -3.11. The van der Waals surface area contributed by atoms with Crippen molar-refractivity contribution in [2.75, 3.05) is 67.2 Å². The van der Waals surface area contributed by atoms with Gasteiger partial charge in [-0.15, -0.1) is 0 Å². The number of piperazine rings is 1. The van der Waals surface area contributed by atoms with Gasteiger partial charge in [0, 0.05) is 51.0 Å². The number of nitrogens with zero attached hydrogens (tertiary/aromatic N) is 5. The largest absolute Gasteiger partial charge is 0.378 e. The molecule has 0 spiro atoms. The predicted molar refractivity (Wildman–Crippen MR) is 125 cm³/mol. The van der Waals surface area contributed by atoms with Gasteiger partial charge in [-0.2, -0.15) is 4.98 Å². The van der Waals surface area contributed by atoms with E-state index in [1.165, 1.54) is 5.69 Å². The number of thioether (sulfide) groups is 1. The minimum atomic E-state index is -0.385. The monoisotopic (exact) mass is 452 g/mol. The van der Waals surface area contributed by atoms with E-state index in [9.17, 15) is 9.59 Å². The fourth-order valence-corrected chi connectivity index (χ4v) is 4.64. The normalized spacial score (nSPS) is 20.8. The molecule has 2 amide bonds. The zero-order chi connectivity index (χ0) is 21.9. The van der Waals surface area contributed by atoms with Crippen molar-refractivity contribution in [2.45, 2.75) is 0 Å². The van der Waals surface area contributed by atoms with Crippen molar-refractivity contribution < 1.29 is 14.3 Å². The first-order chi connectivity index (χ1) is 15.7. The molecule has 0 unspecified atom stereocenters. The Kier molecular flexibility index (Phi) is 5.95. The van der Waals surface area contributed by atoms with Crippen LogP contribution in [-0.2, 0) is 9.53 Å². The molecule has 32 heavy (non-hydrogen) atoms. The molecule has 5 rings (SSSR count). The SMILES string of the molecule is O=C1NC(=O)/C(=C\c2cc(N3CCOCC3)nc(N3CCN(c4ccccc4)CC3)n2)S1. The molecule has 3 fully saturated rings. The molecule has 2 aromatic rings. The van der Waals surface area contributed by atoms with Gasteiger partial charge in [0.1, 0.15) is 5.82 Å². The number of nitrogens with one attached hydrogen (secondary N) is 1. The Bertz CT molecular complexity index is 1030. The van der Waals surface area contributed by atoms with Crippen LogP contribution < -0.4 is 20.0 Å². The lowest BCUT2D eigenvalue weighted by Gasteiger charge is -2.36. The first-order valence-electron chi connectivity index (χ1n) is 10.7. The van der Waals surface area contributed by atoms with Crippen molar-refractivity contribution >= 4 is 46.4 Å². The van der Waals surface area contributed by atoms with Gasteiger partial charge < -0.3 is 19.4 Å². The molecular formula is C22H24N6O3S. The second-order valence-corrected chi connectivity index (χ2v) is 8.73. The average molecular weight is 453 g/mol. The number of amides is 2. The minimum absolute atomic E-state index is 0.349. The molecule has 3 aliphatic heterocycles. The van der Waals surface area contributed by atoms with E-state index in [-0.39, 0.29) is 11.1 Å². The minimum Gasteiger partial charge on any atom is -0.378 e. The molecule has 9 nitrogen and oxygen atoms in total. The first kappa shape index (κ1) is 20.8. The van der Waals surface area contributed by atoms with Gasteiger partial charge >= 0.3 is 0 Å². The average Bonchev–Trinajstić information content (AvgIpc) is 3.16. The van der Waals surface area contributed by atoms with E-state index in [1.54, 1.807) is 6.08 Å². The van der Waals surface area contributed by atoms with Crippen LogP contribution in [0.1, 0.15) is 5.69 Å². The first-order valence-corrected chi connectivity index (χ1v) is 11.5. The highest BCUT2D eigenvalue weighted by Crippen LogP contribution is 2.27. The zero-order valence-electron chi connectivity index (χ0n) is 17.6. The standard InChI is InChI=1S/C22H24N6O3S/c29-20-18(32-22(30)25-20)14-16-15-19(27-10-12-31-13-11-27)24-21(23-16)28-8-6-26(7-9-28)17-4-2-1-3-5-17/h1-5,14-15H,6-13H2,(H,25,29,30)/b18-14+. The van der Waals surface area contributed by atoms with E-state index >= 15 is 0 Å². The Balaban J connectivity index is 1.40. The molecular weight excluding hydrogens is 428 g/mol. The number of ether oxygens (including phenoxy) is 1. The van der Waals surface area contributed by atoms with Gasteiger partial charge in [0.2, 0.25) is 5.95 Å². The molecule has 0 bridgehead atoms. The molecule has 166 valence electrons. The van der Waals surface area contributed by atoms with Crippen LogP contribution in [0, 0.1) is 0 Å². The lowest BCUT2D eigenvalue weighted by Crippen LogP contribution is -2.47. The molecule has 0 aliphatic carbocycles. The van der Waals surface area contributed by atoms with Crippen LogP contribution in [0.5, 0.6) is 0 Å². The second-order valence-electron chi connectivity index (χ2n) is 7.71. The summed E-state index contributed by atoms with van der Waals surface area (Å²) in [6, 6.07) is 12.3. The van der Waals surface area contributed by atoms with Crippen LogP contribution in [0.15, 0.2) is 41.3 Å². The summed E-state index contributed by atoms with van der Waals surface area (Å²) in [5.41, 5.74) is 1.84. The van der Waals surface area contributed by atoms with E-state index in [1.807, 2.05) is 12.1 Å². The number of carbonyl (C=O) groups is 2. The van der Waals surface area contributed by atoms with E-state index in [4.69, 9.17) is 14.7 Å². The summed E-state index contributed by atoms with van der Waals surface area (Å²) in [6.07, 6.45) is 1.67. The summed E-state index contributed by atoms with van der Waals surface area (Å²) in [5, 5.41) is 1.93. The summed E-state index contributed by atoms with van der Waals surface area (Å²) >= 11 is 0.897. The predicted octanol–water partition coefficient (Wildman–Crippen LogP) is 1.96. The second kappa shape index (κ2) is 9.17. The van der Waals surface area contributed by atoms with Gasteiger partial charge in [-0.3, -0.25) is 14.9 Å². The van der Waals surface area contributed by atoms with Gasteiger partial charge in [0.05, 0.1) is 23.8 Å². The van der Waals surface area contributed by atoms with Crippen molar-refractivity contribution in [1.82, 2.24) is 15.3 Å². The number of imide groups is 1. The fraction of sp³-hybridized carbons (Fsp3) is 0.364. The van der Waals surface area contributed by atoms with Crippen LogP contribution in [-0.4, -0.2) is 73.6 Å². The maximum atomic E-state index is 12.0. The number of carbonyl (C=O) groups excluding carboxylic acids is 2. The van der Waals surface area contributed by atoms with Crippen molar-refractivity contribution in [1.29, 1.82) is 0 Å². The summed E-state index contributed by atoms with van der Waals surface area (Å²) in [5.74, 6) is 1.07. The van der Waals surface area contributed by atoms with Crippen molar-refractivity contribution in [2.24, 2.45) is 0 Å². The lowest BCUT2D eigenvalue weighted by molar-refractivity contribution is -0.115. The van der Waals surface area contributed by atoms with Gasteiger partial charge in [-0.05, 0) is 30.0 Å². The molecule has 1 aromatic heterocycles. The summed E-state index contributed by atoms with van der Waals surface area (Å²) in [7, 11) is 0. The van der Waals surface area contributed by atoms with Crippen molar-refractivity contribution in [3.63, 3.8) is 0 Å². The maximum Gasteiger partial charge on any atom is 0.290 e. The number of aromatic nitrogens is 2. The Morgan fingerprint density at radius 3 is 2.31 bits per heavy atom. The summed E-state index contributed by atoms with van der Waals surface area (Å²) in [6.45, 7) is 6.15. The molecule has 0 radical (unpaired) electrons. The van der Waals surface area contributed by atoms with Crippen LogP contribution in [0.25, 0.3) is 6.08 Å².